The van der Waals surface area contributed by atoms with E-state index in [2.05, 4.69) is 10.3 Å². The number of carbonyl (C=O) groups is 2. The van der Waals surface area contributed by atoms with Crippen molar-refractivity contribution in [1.29, 1.82) is 5.26 Å². The highest BCUT2D eigenvalue weighted by Crippen LogP contribution is 2.34. The van der Waals surface area contributed by atoms with Crippen LogP contribution in [0.2, 0.25) is 0 Å². The number of imide groups is 1. The molecule has 1 aliphatic heterocycles. The number of rotatable bonds is 2. The fourth-order valence-electron chi connectivity index (χ4n) is 2.83. The maximum Gasteiger partial charge on any atom is 0.416 e. The Balaban J connectivity index is 2.15. The van der Waals surface area contributed by atoms with Crippen LogP contribution in [-0.4, -0.2) is 27.1 Å². The van der Waals surface area contributed by atoms with E-state index in [-0.39, 0.29) is 5.57 Å². The van der Waals surface area contributed by atoms with Crippen molar-refractivity contribution >= 4 is 12.1 Å². The van der Waals surface area contributed by atoms with Crippen molar-refractivity contribution in [3.8, 4) is 17.2 Å². The van der Waals surface area contributed by atoms with E-state index >= 15 is 0 Å². The fourth-order valence-corrected chi connectivity index (χ4v) is 2.83. The minimum atomic E-state index is -1.42. The number of benzene rings is 1. The van der Waals surface area contributed by atoms with Gasteiger partial charge in [-0.15, -0.1) is 0 Å². The van der Waals surface area contributed by atoms with E-state index in [1.54, 1.807) is 37.5 Å². The van der Waals surface area contributed by atoms with Gasteiger partial charge < -0.3 is 10.4 Å². The standard InChI is InChI=1S/C18H14N4O3/c1-11-15(10-19)16(22(18(24)25)17(23)21-11)14-4-2-3-13(9-14)12-5-7-20-8-6-12/h2-9,16H,1H3,(H,21,23)(H,24,25). The molecule has 0 radical (unpaired) electrons. The number of hydrogen-bond donors (Lipinski definition) is 2. The lowest BCUT2D eigenvalue weighted by Gasteiger charge is -2.33. The normalized spacial score (nSPS) is 17.0. The van der Waals surface area contributed by atoms with Crippen molar-refractivity contribution in [3.05, 3.63) is 65.6 Å². The molecule has 1 unspecified atom stereocenters. The van der Waals surface area contributed by atoms with Gasteiger partial charge in [-0.2, -0.15) is 5.26 Å². The highest BCUT2D eigenvalue weighted by molar-refractivity contribution is 5.93. The lowest BCUT2D eigenvalue weighted by atomic mass is 9.92. The van der Waals surface area contributed by atoms with Gasteiger partial charge in [0.1, 0.15) is 6.04 Å². The third-order valence-electron chi connectivity index (χ3n) is 3.99. The Labute approximate surface area is 143 Å². The number of pyridine rings is 1. The molecule has 0 saturated carbocycles. The van der Waals surface area contributed by atoms with Crippen LogP contribution in [0.5, 0.6) is 0 Å². The number of nitrogens with zero attached hydrogens (tertiary/aromatic N) is 3. The monoisotopic (exact) mass is 334 g/mol. The number of carboxylic acid groups (broad SMARTS) is 1. The summed E-state index contributed by atoms with van der Waals surface area (Å²) in [4.78, 5) is 28.3. The zero-order chi connectivity index (χ0) is 18.0. The van der Waals surface area contributed by atoms with Crippen molar-refractivity contribution < 1.29 is 14.7 Å². The Morgan fingerprint density at radius 2 is 2.00 bits per heavy atom. The number of allylic oxidation sites excluding steroid dienone is 1. The first-order valence-electron chi connectivity index (χ1n) is 7.47. The maximum atomic E-state index is 12.1. The topological polar surface area (TPSA) is 106 Å². The van der Waals surface area contributed by atoms with E-state index in [1.807, 2.05) is 24.3 Å². The van der Waals surface area contributed by atoms with Crippen LogP contribution in [0.15, 0.2) is 60.1 Å². The van der Waals surface area contributed by atoms with Gasteiger partial charge in [0.2, 0.25) is 0 Å². The second kappa shape index (κ2) is 6.45. The number of hydrogen-bond acceptors (Lipinski definition) is 4. The number of carbonyl (C=O) groups excluding carboxylic acids is 1. The molecule has 1 atom stereocenters. The van der Waals surface area contributed by atoms with E-state index in [1.165, 1.54) is 0 Å². The Hall–Kier alpha value is -3.66. The first-order valence-corrected chi connectivity index (χ1v) is 7.47. The summed E-state index contributed by atoms with van der Waals surface area (Å²) in [6, 6.07) is 11.0. The number of amides is 3. The molecule has 0 saturated heterocycles. The number of nitrogens with one attached hydrogen (secondary N) is 1. The predicted molar refractivity (Wildman–Crippen MR) is 89.1 cm³/mol. The molecule has 2 heterocycles. The van der Waals surface area contributed by atoms with Gasteiger partial charge in [0, 0.05) is 18.1 Å². The molecule has 0 fully saturated rings. The van der Waals surface area contributed by atoms with Crippen LogP contribution in [0.3, 0.4) is 0 Å². The quantitative estimate of drug-likeness (QED) is 0.876. The maximum absolute atomic E-state index is 12.1. The van der Waals surface area contributed by atoms with Crippen LogP contribution in [0, 0.1) is 11.3 Å². The van der Waals surface area contributed by atoms with E-state index in [0.717, 1.165) is 11.1 Å². The van der Waals surface area contributed by atoms with E-state index < -0.39 is 18.2 Å². The summed E-state index contributed by atoms with van der Waals surface area (Å²) in [5.41, 5.74) is 2.82. The Kier molecular flexibility index (Phi) is 4.18. The molecular weight excluding hydrogens is 320 g/mol. The van der Waals surface area contributed by atoms with Gasteiger partial charge in [0.05, 0.1) is 11.6 Å². The molecule has 0 spiro atoms. The van der Waals surface area contributed by atoms with E-state index in [9.17, 15) is 20.0 Å². The first kappa shape index (κ1) is 16.2. The Bertz CT molecular complexity index is 915. The number of aromatic nitrogens is 1. The third-order valence-corrected chi connectivity index (χ3v) is 3.99. The summed E-state index contributed by atoms with van der Waals surface area (Å²) in [5, 5.41) is 21.3. The van der Waals surface area contributed by atoms with Crippen molar-refractivity contribution in [1.82, 2.24) is 15.2 Å². The van der Waals surface area contributed by atoms with Crippen LogP contribution in [-0.2, 0) is 0 Å². The van der Waals surface area contributed by atoms with Gasteiger partial charge in [0.15, 0.2) is 0 Å². The van der Waals surface area contributed by atoms with E-state index in [4.69, 9.17) is 0 Å². The summed E-state index contributed by atoms with van der Waals surface area (Å²) in [5.74, 6) is 0. The summed E-state index contributed by atoms with van der Waals surface area (Å²) >= 11 is 0. The molecule has 1 aromatic carbocycles. The van der Waals surface area contributed by atoms with Crippen LogP contribution >= 0.6 is 0 Å². The minimum Gasteiger partial charge on any atom is -0.465 e. The third kappa shape index (κ3) is 2.93. The summed E-state index contributed by atoms with van der Waals surface area (Å²) < 4.78 is 0. The number of urea groups is 1. The van der Waals surface area contributed by atoms with Crippen LogP contribution in [0.4, 0.5) is 9.59 Å². The molecule has 1 aromatic heterocycles. The molecule has 7 heteroatoms. The molecule has 3 rings (SSSR count). The molecule has 7 nitrogen and oxygen atoms in total. The van der Waals surface area contributed by atoms with Crippen molar-refractivity contribution in [2.75, 3.05) is 0 Å². The van der Waals surface area contributed by atoms with Crippen LogP contribution in [0.1, 0.15) is 18.5 Å². The largest absolute Gasteiger partial charge is 0.465 e. The molecular formula is C18H14N4O3. The van der Waals surface area contributed by atoms with Gasteiger partial charge >= 0.3 is 12.1 Å². The molecule has 3 amide bonds. The molecule has 0 bridgehead atoms. The second-order valence-electron chi connectivity index (χ2n) is 5.50. The highest BCUT2D eigenvalue weighted by Gasteiger charge is 2.38. The highest BCUT2D eigenvalue weighted by atomic mass is 16.4. The summed E-state index contributed by atoms with van der Waals surface area (Å²) in [6.45, 7) is 1.58. The molecule has 1 aliphatic rings. The zero-order valence-corrected chi connectivity index (χ0v) is 13.3. The predicted octanol–water partition coefficient (Wildman–Crippen LogP) is 3.29. The van der Waals surface area contributed by atoms with Gasteiger partial charge in [0.25, 0.3) is 0 Å². The van der Waals surface area contributed by atoms with E-state index in [0.29, 0.717) is 16.2 Å². The SMILES string of the molecule is CC1=C(C#N)C(c2cccc(-c3ccncc3)c2)N(C(=O)O)C(=O)N1. The smallest absolute Gasteiger partial charge is 0.416 e. The van der Waals surface area contributed by atoms with Crippen LogP contribution < -0.4 is 5.32 Å². The van der Waals surface area contributed by atoms with Gasteiger partial charge in [-0.25, -0.2) is 14.5 Å². The van der Waals surface area contributed by atoms with Crippen molar-refractivity contribution in [2.24, 2.45) is 0 Å². The van der Waals surface area contributed by atoms with Crippen molar-refractivity contribution in [3.63, 3.8) is 0 Å². The minimum absolute atomic E-state index is 0.189. The second-order valence-corrected chi connectivity index (χ2v) is 5.50. The first-order chi connectivity index (χ1) is 12.0. The molecule has 124 valence electrons. The summed E-state index contributed by atoms with van der Waals surface area (Å²) in [6.07, 6.45) is 1.89. The van der Waals surface area contributed by atoms with Gasteiger partial charge in [-0.05, 0) is 41.8 Å². The Morgan fingerprint density at radius 3 is 2.64 bits per heavy atom. The average Bonchev–Trinajstić information content (AvgIpc) is 2.61. The van der Waals surface area contributed by atoms with Gasteiger partial charge in [-0.1, -0.05) is 18.2 Å². The Morgan fingerprint density at radius 1 is 1.28 bits per heavy atom. The van der Waals surface area contributed by atoms with Crippen molar-refractivity contribution in [2.45, 2.75) is 13.0 Å². The number of nitriles is 1. The fraction of sp³-hybridized carbons (Fsp3) is 0.111. The lowest BCUT2D eigenvalue weighted by Crippen LogP contribution is -2.49. The lowest BCUT2D eigenvalue weighted by molar-refractivity contribution is 0.136. The van der Waals surface area contributed by atoms with Gasteiger partial charge in [-0.3, -0.25) is 4.98 Å². The van der Waals surface area contributed by atoms with Crippen LogP contribution in [0.25, 0.3) is 11.1 Å². The average molecular weight is 334 g/mol. The molecule has 2 N–H and O–H groups in total. The molecule has 2 aromatic rings. The summed E-state index contributed by atoms with van der Waals surface area (Å²) in [7, 11) is 0. The zero-order valence-electron chi connectivity index (χ0n) is 13.3. The molecule has 25 heavy (non-hydrogen) atoms. The molecule has 0 aliphatic carbocycles.